The summed E-state index contributed by atoms with van der Waals surface area (Å²) in [7, 11) is 0. The fraction of sp³-hybridized carbons (Fsp3) is 0.387. The summed E-state index contributed by atoms with van der Waals surface area (Å²) < 4.78 is 12.2. The van der Waals surface area contributed by atoms with Crippen molar-refractivity contribution in [1.29, 1.82) is 0 Å². The molecule has 8 nitrogen and oxygen atoms in total. The molecule has 4 heterocycles. The Balaban J connectivity index is 1.46. The second-order valence-electron chi connectivity index (χ2n) is 10.9. The lowest BCUT2D eigenvalue weighted by molar-refractivity contribution is -0.160. The summed E-state index contributed by atoms with van der Waals surface area (Å²) in [6, 6.07) is 17.5. The van der Waals surface area contributed by atoms with Crippen LogP contribution in [0.5, 0.6) is 0 Å². The number of amides is 2. The van der Waals surface area contributed by atoms with E-state index in [2.05, 4.69) is 0 Å². The van der Waals surface area contributed by atoms with Gasteiger partial charge in [0.1, 0.15) is 24.2 Å². The van der Waals surface area contributed by atoms with Gasteiger partial charge in [0.15, 0.2) is 0 Å². The number of hydrogen-bond donors (Lipinski definition) is 1. The number of ether oxygens (including phenoxy) is 2. The molecule has 2 aromatic carbocycles. The Morgan fingerprint density at radius 1 is 0.923 bits per heavy atom. The first-order valence-electron chi connectivity index (χ1n) is 13.4. The van der Waals surface area contributed by atoms with Gasteiger partial charge < -0.3 is 24.4 Å². The minimum absolute atomic E-state index is 0.0994. The van der Waals surface area contributed by atoms with Crippen molar-refractivity contribution in [1.82, 2.24) is 9.80 Å². The van der Waals surface area contributed by atoms with Crippen LogP contribution in [-0.2, 0) is 36.8 Å². The maximum atomic E-state index is 14.5. The molecule has 2 aromatic rings. The van der Waals surface area contributed by atoms with Crippen molar-refractivity contribution in [2.45, 2.75) is 43.2 Å². The number of aliphatic hydroxyl groups excluding tert-OH is 1. The second-order valence-corrected chi connectivity index (χ2v) is 10.9. The topological polar surface area (TPSA) is 96.4 Å². The quantitative estimate of drug-likeness (QED) is 0.457. The number of benzene rings is 2. The molecule has 0 aromatic heterocycles. The second kappa shape index (κ2) is 9.77. The largest absolute Gasteiger partial charge is 0.461 e. The molecule has 4 aliphatic rings. The molecule has 0 aliphatic carbocycles. The number of carbonyl (C=O) groups is 3. The van der Waals surface area contributed by atoms with E-state index >= 15 is 0 Å². The Labute approximate surface area is 227 Å². The lowest BCUT2D eigenvalue weighted by Crippen LogP contribution is -2.59. The zero-order valence-corrected chi connectivity index (χ0v) is 21.8. The van der Waals surface area contributed by atoms with E-state index in [1.807, 2.05) is 66.7 Å². The van der Waals surface area contributed by atoms with Crippen LogP contribution in [0.4, 0.5) is 0 Å². The highest BCUT2D eigenvalue weighted by atomic mass is 16.6. The molecule has 6 rings (SSSR count). The molecule has 4 aliphatic heterocycles. The monoisotopic (exact) mass is 528 g/mol. The summed E-state index contributed by atoms with van der Waals surface area (Å²) in [5, 5.41) is 10.6. The molecule has 1 N–H and O–H groups in total. The fourth-order valence-corrected chi connectivity index (χ4v) is 6.82. The van der Waals surface area contributed by atoms with Crippen molar-refractivity contribution in [3.63, 3.8) is 0 Å². The maximum absolute atomic E-state index is 14.5. The molecule has 0 saturated carbocycles. The lowest BCUT2D eigenvalue weighted by atomic mass is 9.75. The van der Waals surface area contributed by atoms with Crippen LogP contribution in [0.25, 0.3) is 0 Å². The highest BCUT2D eigenvalue weighted by Crippen LogP contribution is 2.57. The van der Waals surface area contributed by atoms with Crippen molar-refractivity contribution < 1.29 is 29.0 Å². The van der Waals surface area contributed by atoms with E-state index in [0.717, 1.165) is 11.1 Å². The van der Waals surface area contributed by atoms with Gasteiger partial charge in [0.25, 0.3) is 0 Å². The number of fused-ring (bicyclic) bond motifs is 2. The third-order valence-electron chi connectivity index (χ3n) is 8.47. The van der Waals surface area contributed by atoms with Crippen LogP contribution < -0.4 is 0 Å². The summed E-state index contributed by atoms with van der Waals surface area (Å²) in [5.41, 5.74) is -0.618. The van der Waals surface area contributed by atoms with E-state index in [4.69, 9.17) is 9.47 Å². The van der Waals surface area contributed by atoms with E-state index in [1.165, 1.54) is 4.90 Å². The van der Waals surface area contributed by atoms with E-state index < -0.39 is 41.1 Å². The predicted octanol–water partition coefficient (Wildman–Crippen LogP) is 2.27. The molecule has 0 radical (unpaired) electrons. The molecule has 2 fully saturated rings. The van der Waals surface area contributed by atoms with Crippen LogP contribution in [0.15, 0.2) is 85.0 Å². The van der Waals surface area contributed by atoms with E-state index in [9.17, 15) is 19.5 Å². The van der Waals surface area contributed by atoms with Gasteiger partial charge in [-0.1, -0.05) is 78.9 Å². The van der Waals surface area contributed by atoms with Crippen LogP contribution in [0.2, 0.25) is 0 Å². The van der Waals surface area contributed by atoms with Gasteiger partial charge in [0.2, 0.25) is 11.8 Å². The van der Waals surface area contributed by atoms with Crippen LogP contribution in [-0.4, -0.2) is 75.7 Å². The van der Waals surface area contributed by atoms with Crippen LogP contribution in [0.3, 0.4) is 0 Å². The van der Waals surface area contributed by atoms with Crippen LogP contribution in [0.1, 0.15) is 18.1 Å². The number of carbonyl (C=O) groups excluding carboxylic acids is 3. The zero-order chi connectivity index (χ0) is 27.2. The zero-order valence-electron chi connectivity index (χ0n) is 21.8. The number of likely N-dealkylation sites (tertiary alicyclic amines) is 1. The van der Waals surface area contributed by atoms with Crippen molar-refractivity contribution in [3.05, 3.63) is 96.1 Å². The maximum Gasteiger partial charge on any atom is 0.313 e. The molecular weight excluding hydrogens is 496 g/mol. The SMILES string of the molecule is C[C@]12C=CCOC(=O)[C@H]1[C@H]1C(=O)N([C@@H](CO)Cc3ccccc3)C3C(=O)N(Cc4ccccc4)CC=C[C@@]31O2. The Morgan fingerprint density at radius 3 is 2.31 bits per heavy atom. The standard InChI is InChI=1S/C31H32N2O6/c1-30-14-9-17-38-29(37)25(30)24-27(35)33(23(20-34)18-21-10-4-2-5-11-21)26-28(36)32(16-8-15-31(24,26)39-30)19-22-12-6-3-7-13-22/h2-15,23-26,34H,16-20H2,1H3/t23-,24+,25-,26?,30+,31+/m1/s1. The molecule has 39 heavy (non-hydrogen) atoms. The predicted molar refractivity (Wildman–Crippen MR) is 142 cm³/mol. The molecule has 202 valence electrons. The summed E-state index contributed by atoms with van der Waals surface area (Å²) in [6.45, 7) is 2.22. The van der Waals surface area contributed by atoms with Crippen LogP contribution >= 0.6 is 0 Å². The minimum Gasteiger partial charge on any atom is -0.461 e. The minimum atomic E-state index is -1.39. The van der Waals surface area contributed by atoms with Gasteiger partial charge in [0, 0.05) is 13.1 Å². The number of hydrogen-bond acceptors (Lipinski definition) is 6. The van der Waals surface area contributed by atoms with Gasteiger partial charge in [-0.15, -0.1) is 0 Å². The average molecular weight is 529 g/mol. The first-order valence-corrected chi connectivity index (χ1v) is 13.4. The number of cyclic esters (lactones) is 1. The fourth-order valence-electron chi connectivity index (χ4n) is 6.82. The first-order chi connectivity index (χ1) is 18.9. The van der Waals surface area contributed by atoms with Gasteiger partial charge in [-0.2, -0.15) is 0 Å². The third kappa shape index (κ3) is 4.10. The van der Waals surface area contributed by atoms with Gasteiger partial charge in [0.05, 0.1) is 24.2 Å². The molecule has 8 heteroatoms. The Kier molecular flexibility index (Phi) is 6.40. The summed E-state index contributed by atoms with van der Waals surface area (Å²) in [5.74, 6) is -3.07. The molecule has 2 amide bonds. The lowest BCUT2D eigenvalue weighted by Gasteiger charge is -2.40. The van der Waals surface area contributed by atoms with Gasteiger partial charge in [-0.3, -0.25) is 14.4 Å². The average Bonchev–Trinajstić information content (AvgIpc) is 3.21. The number of nitrogens with zero attached hydrogens (tertiary/aromatic N) is 2. The third-order valence-corrected chi connectivity index (χ3v) is 8.47. The molecule has 6 atom stereocenters. The summed E-state index contributed by atoms with van der Waals surface area (Å²) in [6.07, 6.45) is 7.52. The Morgan fingerprint density at radius 2 is 1.62 bits per heavy atom. The molecule has 0 bridgehead atoms. The normalized spacial score (nSPS) is 32.3. The smallest absolute Gasteiger partial charge is 0.313 e. The Hall–Kier alpha value is -3.75. The highest BCUT2D eigenvalue weighted by molar-refractivity contribution is 5.99. The number of esters is 1. The molecule has 2 saturated heterocycles. The molecular formula is C31H32N2O6. The number of aliphatic hydroxyl groups is 1. The Bertz CT molecular complexity index is 1330. The van der Waals surface area contributed by atoms with Gasteiger partial charge >= 0.3 is 5.97 Å². The molecule has 1 unspecified atom stereocenters. The van der Waals surface area contributed by atoms with Crippen molar-refractivity contribution in [2.24, 2.45) is 11.8 Å². The van der Waals surface area contributed by atoms with E-state index in [-0.39, 0.29) is 25.0 Å². The summed E-state index contributed by atoms with van der Waals surface area (Å²) >= 11 is 0. The molecule has 1 spiro atoms. The van der Waals surface area contributed by atoms with Crippen molar-refractivity contribution in [2.75, 3.05) is 19.8 Å². The highest BCUT2D eigenvalue weighted by Gasteiger charge is 2.75. The van der Waals surface area contributed by atoms with Crippen LogP contribution in [0, 0.1) is 11.8 Å². The van der Waals surface area contributed by atoms with Crippen molar-refractivity contribution >= 4 is 17.8 Å². The first kappa shape index (κ1) is 25.5. The number of rotatable bonds is 6. The van der Waals surface area contributed by atoms with Gasteiger partial charge in [-0.05, 0) is 30.5 Å². The van der Waals surface area contributed by atoms with E-state index in [0.29, 0.717) is 19.5 Å². The van der Waals surface area contributed by atoms with E-state index in [1.54, 1.807) is 30.1 Å². The van der Waals surface area contributed by atoms with Gasteiger partial charge in [-0.25, -0.2) is 0 Å². The van der Waals surface area contributed by atoms with Crippen molar-refractivity contribution in [3.8, 4) is 0 Å². The summed E-state index contributed by atoms with van der Waals surface area (Å²) in [4.78, 5) is 45.4.